The van der Waals surface area contributed by atoms with E-state index >= 15 is 0 Å². The van der Waals surface area contributed by atoms with E-state index in [1.807, 2.05) is 13.8 Å². The molecule has 2 aromatic rings. The molecular formula is C23H23F3N2O4S. The molecule has 176 valence electrons. The lowest BCUT2D eigenvalue weighted by Crippen LogP contribution is -2.42. The maximum atomic E-state index is 12.2. The van der Waals surface area contributed by atoms with Gasteiger partial charge in [-0.3, -0.25) is 4.79 Å². The number of amides is 1. The molecule has 33 heavy (non-hydrogen) atoms. The van der Waals surface area contributed by atoms with Gasteiger partial charge in [0.05, 0.1) is 11.6 Å². The smallest absolute Gasteiger partial charge is 0.355 e. The van der Waals surface area contributed by atoms with Gasteiger partial charge in [0.25, 0.3) is 0 Å². The van der Waals surface area contributed by atoms with E-state index in [9.17, 15) is 26.4 Å². The van der Waals surface area contributed by atoms with Gasteiger partial charge in [-0.1, -0.05) is 41.0 Å². The minimum atomic E-state index is -5.71. The molecule has 0 spiro atoms. The number of pyridine rings is 1. The van der Waals surface area contributed by atoms with E-state index in [1.54, 1.807) is 31.2 Å². The van der Waals surface area contributed by atoms with Crippen molar-refractivity contribution in [3.05, 3.63) is 70.8 Å². The van der Waals surface area contributed by atoms with Crippen molar-refractivity contribution >= 4 is 26.9 Å². The molecule has 0 fully saturated rings. The fourth-order valence-corrected chi connectivity index (χ4v) is 3.96. The second-order valence-corrected chi connectivity index (χ2v) is 9.54. The monoisotopic (exact) mass is 480 g/mol. The van der Waals surface area contributed by atoms with E-state index in [0.717, 1.165) is 22.6 Å². The van der Waals surface area contributed by atoms with E-state index < -0.39 is 21.5 Å². The molecule has 1 aromatic carbocycles. The number of rotatable bonds is 2. The average molecular weight is 481 g/mol. The Morgan fingerprint density at radius 2 is 1.79 bits per heavy atom. The molecule has 1 N–H and O–H groups in total. The molecule has 1 aromatic heterocycles. The SMILES string of the molecule is CC1=CC2C(C)=CC(=O)NC2C=C1.Cc1ccc2nc(OS(=O)(=O)C(F)(F)F)cc(C)c2c1. The van der Waals surface area contributed by atoms with Crippen LogP contribution in [0.15, 0.2) is 59.7 Å². The molecule has 1 aliphatic carbocycles. The van der Waals surface area contributed by atoms with Crippen LogP contribution in [0.1, 0.15) is 25.0 Å². The predicted molar refractivity (Wildman–Crippen MR) is 119 cm³/mol. The first kappa shape index (κ1) is 24.5. The van der Waals surface area contributed by atoms with Crippen LogP contribution in [-0.2, 0) is 14.9 Å². The highest BCUT2D eigenvalue weighted by Crippen LogP contribution is 2.29. The number of fused-ring (bicyclic) bond motifs is 2. The van der Waals surface area contributed by atoms with Gasteiger partial charge in [0, 0.05) is 23.4 Å². The maximum absolute atomic E-state index is 12.2. The van der Waals surface area contributed by atoms with Crippen LogP contribution in [0.3, 0.4) is 0 Å². The lowest BCUT2D eigenvalue weighted by molar-refractivity contribution is -0.117. The van der Waals surface area contributed by atoms with Gasteiger partial charge < -0.3 is 9.50 Å². The number of hydrogen-bond donors (Lipinski definition) is 1. The van der Waals surface area contributed by atoms with E-state index in [0.29, 0.717) is 17.0 Å². The molecule has 0 bridgehead atoms. The molecule has 10 heteroatoms. The van der Waals surface area contributed by atoms with E-state index in [1.165, 1.54) is 5.57 Å². The number of aryl methyl sites for hydroxylation is 2. The van der Waals surface area contributed by atoms with Crippen molar-refractivity contribution in [2.75, 3.05) is 0 Å². The summed E-state index contributed by atoms with van der Waals surface area (Å²) in [5.74, 6) is -0.213. The molecular weight excluding hydrogens is 457 g/mol. The topological polar surface area (TPSA) is 85.4 Å². The van der Waals surface area contributed by atoms with Crippen molar-refractivity contribution in [2.45, 2.75) is 39.2 Å². The lowest BCUT2D eigenvalue weighted by atomic mass is 9.84. The highest BCUT2D eigenvalue weighted by atomic mass is 32.2. The van der Waals surface area contributed by atoms with Crippen LogP contribution in [-0.4, -0.2) is 30.9 Å². The van der Waals surface area contributed by atoms with Crippen molar-refractivity contribution in [3.63, 3.8) is 0 Å². The fraction of sp³-hybridized carbons (Fsp3) is 0.304. The Hall–Kier alpha value is -3.14. The third kappa shape index (κ3) is 5.62. The Bertz CT molecular complexity index is 1290. The highest BCUT2D eigenvalue weighted by molar-refractivity contribution is 7.87. The third-order valence-electron chi connectivity index (χ3n) is 5.22. The average Bonchev–Trinajstić information content (AvgIpc) is 2.68. The van der Waals surface area contributed by atoms with Gasteiger partial charge in [-0.25, -0.2) is 4.98 Å². The number of hydrogen-bond acceptors (Lipinski definition) is 5. The first-order valence-electron chi connectivity index (χ1n) is 10.0. The number of allylic oxidation sites excluding steroid dienone is 2. The van der Waals surface area contributed by atoms with Crippen LogP contribution >= 0.6 is 0 Å². The number of halogens is 3. The zero-order valence-electron chi connectivity index (χ0n) is 18.4. The van der Waals surface area contributed by atoms with Crippen LogP contribution < -0.4 is 9.50 Å². The van der Waals surface area contributed by atoms with Crippen LogP contribution in [0.4, 0.5) is 13.2 Å². The van der Waals surface area contributed by atoms with Gasteiger partial charge in [-0.2, -0.15) is 21.6 Å². The first-order valence-corrected chi connectivity index (χ1v) is 11.4. The second kappa shape index (κ2) is 9.01. The van der Waals surface area contributed by atoms with Crippen molar-refractivity contribution in [2.24, 2.45) is 5.92 Å². The summed E-state index contributed by atoms with van der Waals surface area (Å²) < 4.78 is 62.6. The lowest BCUT2D eigenvalue weighted by Gasteiger charge is -2.30. The summed E-state index contributed by atoms with van der Waals surface area (Å²) >= 11 is 0. The van der Waals surface area contributed by atoms with Gasteiger partial charge in [-0.05, 0) is 45.4 Å². The van der Waals surface area contributed by atoms with Gasteiger partial charge in [-0.15, -0.1) is 0 Å². The van der Waals surface area contributed by atoms with E-state index in [4.69, 9.17) is 0 Å². The summed E-state index contributed by atoms with van der Waals surface area (Å²) in [5.41, 5.74) is -1.17. The minimum Gasteiger partial charge on any atom is -0.355 e. The molecule has 1 aliphatic heterocycles. The standard InChI is InChI=1S/C12H10F3NO3S.C11H13NO/c1-7-3-4-10-9(5-7)8(2)6-11(16-10)19-20(17,18)12(13,14)15;1-7-3-4-10-9(5-7)8(2)6-11(13)12-10/h3-6H,1-2H3;3-6,9-10H,1-2H3,(H,12,13). The van der Waals surface area contributed by atoms with E-state index in [2.05, 4.69) is 39.6 Å². The predicted octanol–water partition coefficient (Wildman–Crippen LogP) is 4.64. The van der Waals surface area contributed by atoms with Crippen molar-refractivity contribution < 1.29 is 30.6 Å². The Balaban J connectivity index is 0.000000203. The molecule has 4 rings (SSSR count). The third-order valence-corrected chi connectivity index (χ3v) is 6.17. The van der Waals surface area contributed by atoms with Gasteiger partial charge in [0.2, 0.25) is 11.8 Å². The molecule has 2 atom stereocenters. The summed E-state index contributed by atoms with van der Waals surface area (Å²) in [6.07, 6.45) is 8.01. The first-order chi connectivity index (χ1) is 15.3. The summed E-state index contributed by atoms with van der Waals surface area (Å²) in [6, 6.07) is 6.44. The quantitative estimate of drug-likeness (QED) is 0.500. The number of alkyl halides is 3. The minimum absolute atomic E-state index is 0.0244. The molecule has 2 unspecified atom stereocenters. The van der Waals surface area contributed by atoms with Crippen LogP contribution in [0.5, 0.6) is 5.88 Å². The number of nitrogens with zero attached hydrogens (tertiary/aromatic N) is 1. The fourth-order valence-electron chi connectivity index (χ4n) is 3.56. The molecule has 0 saturated heterocycles. The number of benzene rings is 1. The molecule has 0 radical (unpaired) electrons. The number of aromatic nitrogens is 1. The second-order valence-electron chi connectivity index (χ2n) is 8.00. The molecule has 0 saturated carbocycles. The van der Waals surface area contributed by atoms with E-state index in [-0.39, 0.29) is 11.9 Å². The molecule has 2 aliphatic rings. The summed E-state index contributed by atoms with van der Waals surface area (Å²) in [7, 11) is -5.71. The Morgan fingerprint density at radius 3 is 2.45 bits per heavy atom. The summed E-state index contributed by atoms with van der Waals surface area (Å²) in [4.78, 5) is 14.9. The van der Waals surface area contributed by atoms with Gasteiger partial charge in [0.15, 0.2) is 0 Å². The molecule has 6 nitrogen and oxygen atoms in total. The maximum Gasteiger partial charge on any atom is 0.534 e. The number of carbonyl (C=O) groups is 1. The van der Waals surface area contributed by atoms with Gasteiger partial charge in [0.1, 0.15) is 0 Å². The van der Waals surface area contributed by atoms with Crippen molar-refractivity contribution in [1.29, 1.82) is 0 Å². The number of nitrogens with one attached hydrogen (secondary N) is 1. The van der Waals surface area contributed by atoms with Crippen LogP contribution in [0.2, 0.25) is 0 Å². The van der Waals surface area contributed by atoms with Crippen LogP contribution in [0.25, 0.3) is 10.9 Å². The Kier molecular flexibility index (Phi) is 6.69. The molecule has 1 amide bonds. The summed E-state index contributed by atoms with van der Waals surface area (Å²) in [6.45, 7) is 7.59. The van der Waals surface area contributed by atoms with Crippen molar-refractivity contribution in [3.8, 4) is 5.88 Å². The molecule has 2 heterocycles. The number of carbonyl (C=O) groups excluding carboxylic acids is 1. The Labute approximate surface area is 190 Å². The zero-order chi connectivity index (χ0) is 24.6. The highest BCUT2D eigenvalue weighted by Gasteiger charge is 2.48. The normalized spacial score (nSPS) is 20.2. The van der Waals surface area contributed by atoms with Crippen molar-refractivity contribution in [1.82, 2.24) is 10.3 Å². The Morgan fingerprint density at radius 1 is 1.09 bits per heavy atom. The summed E-state index contributed by atoms with van der Waals surface area (Å²) in [5, 5.41) is 3.65. The zero-order valence-corrected chi connectivity index (χ0v) is 19.2. The van der Waals surface area contributed by atoms with Crippen LogP contribution in [0, 0.1) is 19.8 Å². The van der Waals surface area contributed by atoms with Gasteiger partial charge >= 0.3 is 15.6 Å². The largest absolute Gasteiger partial charge is 0.534 e.